The lowest BCUT2D eigenvalue weighted by Gasteiger charge is -2.05. The van der Waals surface area contributed by atoms with E-state index in [0.717, 1.165) is 17.1 Å². The van der Waals surface area contributed by atoms with Crippen LogP contribution in [0, 0.1) is 0 Å². The number of thioether (sulfide) groups is 1. The molecular weight excluding hydrogens is 170 g/mol. The Labute approximate surface area is 77.3 Å². The molecule has 0 aliphatic carbocycles. The minimum Gasteiger partial charge on any atom is -0.396 e. The van der Waals surface area contributed by atoms with Gasteiger partial charge in [-0.1, -0.05) is 13.8 Å². The zero-order chi connectivity index (χ0) is 9.14. The average molecular weight is 185 g/mol. The average Bonchev–Trinajstić information content (AvgIpc) is 2.28. The number of aryl methyl sites for hydroxylation is 1. The highest BCUT2D eigenvalue weighted by molar-refractivity contribution is 7.99. The fourth-order valence-corrected chi connectivity index (χ4v) is 1.75. The highest BCUT2D eigenvalue weighted by Gasteiger charge is 2.05. The van der Waals surface area contributed by atoms with Gasteiger partial charge in [-0.2, -0.15) is 16.9 Å². The van der Waals surface area contributed by atoms with E-state index in [2.05, 4.69) is 18.9 Å². The van der Waals surface area contributed by atoms with Crippen molar-refractivity contribution < 1.29 is 0 Å². The third-order valence-corrected chi connectivity index (χ3v) is 2.75. The van der Waals surface area contributed by atoms with Crippen LogP contribution in [0.3, 0.4) is 0 Å². The van der Waals surface area contributed by atoms with Gasteiger partial charge in [0.2, 0.25) is 0 Å². The first-order valence-electron chi connectivity index (χ1n) is 3.99. The molecule has 0 aromatic carbocycles. The maximum Gasteiger partial charge on any atom is 0.0741 e. The molecule has 4 heteroatoms. The number of rotatable bonds is 3. The minimum atomic E-state index is 0.638. The van der Waals surface area contributed by atoms with Crippen molar-refractivity contribution >= 4 is 17.4 Å². The zero-order valence-electron chi connectivity index (χ0n) is 7.74. The largest absolute Gasteiger partial charge is 0.396 e. The van der Waals surface area contributed by atoms with Gasteiger partial charge in [0.1, 0.15) is 0 Å². The van der Waals surface area contributed by atoms with Crippen molar-refractivity contribution in [2.45, 2.75) is 24.9 Å². The lowest BCUT2D eigenvalue weighted by atomic mass is 10.4. The lowest BCUT2D eigenvalue weighted by molar-refractivity contribution is 0.736. The van der Waals surface area contributed by atoms with Crippen LogP contribution in [0.15, 0.2) is 6.20 Å². The van der Waals surface area contributed by atoms with Crippen LogP contribution in [0.25, 0.3) is 0 Å². The molecule has 0 spiro atoms. The topological polar surface area (TPSA) is 43.8 Å². The summed E-state index contributed by atoms with van der Waals surface area (Å²) in [4.78, 5) is 0. The summed E-state index contributed by atoms with van der Waals surface area (Å²) < 4.78 is 1.84. The summed E-state index contributed by atoms with van der Waals surface area (Å²) in [5.74, 6) is 0.944. The van der Waals surface area contributed by atoms with E-state index in [1.807, 2.05) is 23.5 Å². The molecule has 0 saturated carbocycles. The van der Waals surface area contributed by atoms with Gasteiger partial charge in [-0.25, -0.2) is 0 Å². The second-order valence-electron chi connectivity index (χ2n) is 3.03. The smallest absolute Gasteiger partial charge is 0.0741 e. The van der Waals surface area contributed by atoms with E-state index in [1.54, 1.807) is 6.20 Å². The minimum absolute atomic E-state index is 0.638. The second-order valence-corrected chi connectivity index (χ2v) is 4.59. The lowest BCUT2D eigenvalue weighted by Crippen LogP contribution is -2.00. The highest BCUT2D eigenvalue weighted by Crippen LogP contribution is 2.20. The van der Waals surface area contributed by atoms with Gasteiger partial charge in [0.05, 0.1) is 17.6 Å². The summed E-state index contributed by atoms with van der Waals surface area (Å²) in [6.45, 7) is 4.36. The third-order valence-electron chi connectivity index (χ3n) is 1.65. The van der Waals surface area contributed by atoms with Gasteiger partial charge < -0.3 is 5.73 Å². The molecule has 1 aromatic heterocycles. The van der Waals surface area contributed by atoms with Crippen LogP contribution in [0.2, 0.25) is 0 Å². The van der Waals surface area contributed by atoms with Crippen molar-refractivity contribution in [2.75, 3.05) is 5.73 Å². The Morgan fingerprint density at radius 2 is 2.33 bits per heavy atom. The van der Waals surface area contributed by atoms with E-state index in [9.17, 15) is 0 Å². The number of anilines is 1. The van der Waals surface area contributed by atoms with Gasteiger partial charge in [-0.15, -0.1) is 0 Å². The Morgan fingerprint density at radius 3 is 2.75 bits per heavy atom. The van der Waals surface area contributed by atoms with E-state index in [4.69, 9.17) is 5.73 Å². The Morgan fingerprint density at radius 1 is 1.67 bits per heavy atom. The molecule has 0 unspecified atom stereocenters. The first kappa shape index (κ1) is 9.45. The standard InChI is InChI=1S/C8H15N3S/c1-6(2)12-5-8-7(9)4-10-11(8)3/h4,6H,5,9H2,1-3H3. The Bertz CT molecular complexity index is 235. The van der Waals surface area contributed by atoms with Crippen molar-refractivity contribution in [1.29, 1.82) is 0 Å². The summed E-state index contributed by atoms with van der Waals surface area (Å²) in [5, 5.41) is 4.71. The second kappa shape index (κ2) is 3.85. The number of hydrogen-bond acceptors (Lipinski definition) is 3. The number of aromatic nitrogens is 2. The van der Waals surface area contributed by atoms with Crippen molar-refractivity contribution in [3.8, 4) is 0 Å². The van der Waals surface area contributed by atoms with Gasteiger partial charge in [-0.05, 0) is 5.25 Å². The highest BCUT2D eigenvalue weighted by atomic mass is 32.2. The molecule has 0 radical (unpaired) electrons. The number of nitrogens with zero attached hydrogens (tertiary/aromatic N) is 2. The van der Waals surface area contributed by atoms with Gasteiger partial charge in [0.25, 0.3) is 0 Å². The summed E-state index contributed by atoms with van der Waals surface area (Å²) in [5.41, 5.74) is 7.65. The number of nitrogen functional groups attached to an aromatic ring is 1. The third kappa shape index (κ3) is 2.17. The van der Waals surface area contributed by atoms with Crippen molar-refractivity contribution in [2.24, 2.45) is 7.05 Å². The molecule has 1 aromatic rings. The van der Waals surface area contributed by atoms with Crippen LogP contribution in [-0.2, 0) is 12.8 Å². The Hall–Kier alpha value is -0.640. The maximum absolute atomic E-state index is 5.73. The SMILES string of the molecule is CC(C)SCc1c(N)cnn1C. The summed E-state index contributed by atoms with van der Waals surface area (Å²) in [6, 6.07) is 0. The normalized spacial score (nSPS) is 11.0. The molecule has 12 heavy (non-hydrogen) atoms. The van der Waals surface area contributed by atoms with E-state index < -0.39 is 0 Å². The van der Waals surface area contributed by atoms with E-state index in [1.165, 1.54) is 0 Å². The fraction of sp³-hybridized carbons (Fsp3) is 0.625. The summed E-state index contributed by atoms with van der Waals surface area (Å²) in [7, 11) is 1.92. The molecule has 0 atom stereocenters. The van der Waals surface area contributed by atoms with E-state index in [-0.39, 0.29) is 0 Å². The van der Waals surface area contributed by atoms with Crippen LogP contribution in [-0.4, -0.2) is 15.0 Å². The first-order chi connectivity index (χ1) is 5.61. The van der Waals surface area contributed by atoms with Crippen molar-refractivity contribution in [1.82, 2.24) is 9.78 Å². The van der Waals surface area contributed by atoms with Crippen LogP contribution < -0.4 is 5.73 Å². The summed E-state index contributed by atoms with van der Waals surface area (Å²) in [6.07, 6.45) is 1.70. The van der Waals surface area contributed by atoms with E-state index in [0.29, 0.717) is 5.25 Å². The first-order valence-corrected chi connectivity index (χ1v) is 5.04. The molecule has 1 rings (SSSR count). The Balaban J connectivity index is 2.62. The molecule has 0 saturated heterocycles. The predicted molar refractivity (Wildman–Crippen MR) is 54.1 cm³/mol. The van der Waals surface area contributed by atoms with Crippen molar-refractivity contribution in [3.05, 3.63) is 11.9 Å². The Kier molecular flexibility index (Phi) is 3.03. The fourth-order valence-electron chi connectivity index (χ4n) is 0.902. The molecule has 2 N–H and O–H groups in total. The van der Waals surface area contributed by atoms with Gasteiger partial charge in [0, 0.05) is 12.8 Å². The van der Waals surface area contributed by atoms with Gasteiger partial charge in [0.15, 0.2) is 0 Å². The van der Waals surface area contributed by atoms with Crippen LogP contribution in [0.4, 0.5) is 5.69 Å². The predicted octanol–water partition coefficient (Wildman–Crippen LogP) is 1.64. The quantitative estimate of drug-likeness (QED) is 0.778. The maximum atomic E-state index is 5.73. The zero-order valence-corrected chi connectivity index (χ0v) is 8.56. The molecule has 0 aliphatic heterocycles. The van der Waals surface area contributed by atoms with E-state index >= 15 is 0 Å². The summed E-state index contributed by atoms with van der Waals surface area (Å²) >= 11 is 1.88. The van der Waals surface area contributed by atoms with Crippen LogP contribution >= 0.6 is 11.8 Å². The molecule has 1 heterocycles. The molecule has 0 fully saturated rings. The number of hydrogen-bond donors (Lipinski definition) is 1. The molecule has 0 bridgehead atoms. The number of nitrogens with two attached hydrogens (primary N) is 1. The monoisotopic (exact) mass is 185 g/mol. The molecule has 68 valence electrons. The molecule has 0 amide bonds. The van der Waals surface area contributed by atoms with Gasteiger partial charge >= 0.3 is 0 Å². The van der Waals surface area contributed by atoms with Crippen LogP contribution in [0.5, 0.6) is 0 Å². The molecule has 0 aliphatic rings. The molecule has 3 nitrogen and oxygen atoms in total. The van der Waals surface area contributed by atoms with Crippen LogP contribution in [0.1, 0.15) is 19.5 Å². The van der Waals surface area contributed by atoms with Crippen molar-refractivity contribution in [3.63, 3.8) is 0 Å². The van der Waals surface area contributed by atoms with Gasteiger partial charge in [-0.3, -0.25) is 4.68 Å². The molecular formula is C8H15N3S.